The molecule has 0 aromatic carbocycles. The Morgan fingerprint density at radius 2 is 0.848 bits per heavy atom. The molecular formula is C33H67O12Si. The molecular weight excluding hydrogens is 616 g/mol. The maximum Gasteiger partial charge on any atom is 0.501 e. The van der Waals surface area contributed by atoms with Gasteiger partial charge in [-0.2, -0.15) is 0 Å². The van der Waals surface area contributed by atoms with Crippen LogP contribution in [0.3, 0.4) is 0 Å². The van der Waals surface area contributed by atoms with Gasteiger partial charge >= 0.3 is 14.8 Å². The van der Waals surface area contributed by atoms with Gasteiger partial charge in [-0.3, -0.25) is 4.79 Å². The number of hydrogen-bond donors (Lipinski definition) is 1. The van der Waals surface area contributed by atoms with Crippen LogP contribution in [0.5, 0.6) is 0 Å². The average Bonchev–Trinajstić information content (AvgIpc) is 2.98. The van der Waals surface area contributed by atoms with Gasteiger partial charge in [-0.1, -0.05) is 44.9 Å². The second-order valence-corrected chi connectivity index (χ2v) is 11.3. The van der Waals surface area contributed by atoms with Gasteiger partial charge in [0.25, 0.3) is 0 Å². The summed E-state index contributed by atoms with van der Waals surface area (Å²) >= 11 is 0. The minimum absolute atomic E-state index is 0.250. The van der Waals surface area contributed by atoms with E-state index in [4.69, 9.17) is 53.4 Å². The molecule has 0 aliphatic heterocycles. The van der Waals surface area contributed by atoms with Crippen LogP contribution in [0.2, 0.25) is 6.04 Å². The molecule has 0 aliphatic rings. The van der Waals surface area contributed by atoms with Crippen LogP contribution in [-0.2, 0) is 53.1 Å². The second-order valence-electron chi connectivity index (χ2n) is 8.60. The molecule has 46 heavy (non-hydrogen) atoms. The first-order valence-corrected chi connectivity index (χ1v) is 18.1. The number of carboxylic acids is 1. The number of hydrogen-bond acceptors (Lipinski definition) is 6. The van der Waals surface area contributed by atoms with Gasteiger partial charge in [0.15, 0.2) is 6.29 Å². The topological polar surface area (TPSA) is 183 Å². The monoisotopic (exact) mass is 683 g/mol. The van der Waals surface area contributed by atoms with E-state index in [1.807, 2.05) is 20.8 Å². The summed E-state index contributed by atoms with van der Waals surface area (Å²) < 4.78 is 28.8. The third-order valence-corrected chi connectivity index (χ3v) is 8.01. The summed E-state index contributed by atoms with van der Waals surface area (Å²) in [5.74, 6) is -0.689. The number of unbranched alkanes of at least 4 members (excludes halogenated alkanes) is 8. The van der Waals surface area contributed by atoms with Crippen LogP contribution in [0.4, 0.5) is 0 Å². The zero-order valence-corrected chi connectivity index (χ0v) is 30.3. The van der Waals surface area contributed by atoms with Crippen LogP contribution in [-0.4, -0.2) is 92.2 Å². The predicted octanol–water partition coefficient (Wildman–Crippen LogP) is 6.86. The molecule has 11 radical (unpaired) electrons. The Morgan fingerprint density at radius 1 is 0.565 bits per heavy atom. The summed E-state index contributed by atoms with van der Waals surface area (Å²) in [5.41, 5.74) is 0. The lowest BCUT2D eigenvalue weighted by Crippen LogP contribution is -2.46. The molecule has 12 nitrogen and oxygen atoms in total. The molecule has 0 amide bonds. The van der Waals surface area contributed by atoms with E-state index < -0.39 is 21.1 Å². The average molecular weight is 684 g/mol. The normalized spacial score (nSPS) is 10.7. The zero-order chi connectivity index (χ0) is 36.7. The summed E-state index contributed by atoms with van der Waals surface area (Å²) in [6, 6.07) is 0.731. The third-order valence-electron chi connectivity index (χ3n) is 4.86. The minimum atomic E-state index is -2.59. The van der Waals surface area contributed by atoms with Gasteiger partial charge in [0.05, 0.1) is 33.0 Å². The van der Waals surface area contributed by atoms with Gasteiger partial charge < -0.3 is 27.9 Å². The maximum absolute atomic E-state index is 10.4. The molecule has 0 fully saturated rings. The molecule has 1 N–H and O–H groups in total. The lowest BCUT2D eigenvalue weighted by molar-refractivity contribution is -0.137. The van der Waals surface area contributed by atoms with Crippen molar-refractivity contribution in [3.8, 4) is 0 Å². The highest BCUT2D eigenvalue weighted by Crippen LogP contribution is 2.18. The molecule has 0 saturated carbocycles. The highest BCUT2D eigenvalue weighted by atomic mass is 28.4. The van der Waals surface area contributed by atoms with Gasteiger partial charge in [0.1, 0.15) is 0 Å². The molecule has 1 atom stereocenters. The maximum atomic E-state index is 10.4. The molecule has 0 spiro atoms. The smallest absolute Gasteiger partial charge is 0.481 e. The van der Waals surface area contributed by atoms with Gasteiger partial charge in [0.2, 0.25) is 0 Å². The predicted molar refractivity (Wildman–Crippen MR) is 179 cm³/mol. The fourth-order valence-electron chi connectivity index (χ4n) is 3.38. The van der Waals surface area contributed by atoms with Crippen molar-refractivity contribution in [3.63, 3.8) is 0 Å². The largest absolute Gasteiger partial charge is 0.501 e. The van der Waals surface area contributed by atoms with Gasteiger partial charge in [-0.15, -0.1) is 0 Å². The van der Waals surface area contributed by atoms with E-state index in [1.54, 1.807) is 0 Å². The molecule has 1 unspecified atom stereocenters. The van der Waals surface area contributed by atoms with E-state index >= 15 is 0 Å². The summed E-state index contributed by atoms with van der Waals surface area (Å²) in [6.07, 6.45) is 10.6. The molecule has 0 saturated heterocycles. The Balaban J connectivity index is -0.000000223. The van der Waals surface area contributed by atoms with Crippen LogP contribution in [0, 0.1) is 41.5 Å². The highest BCUT2D eigenvalue weighted by Gasteiger charge is 2.39. The Kier molecular flexibility index (Phi) is 70.8. The zero-order valence-electron chi connectivity index (χ0n) is 29.3. The molecule has 0 aromatic rings. The summed E-state index contributed by atoms with van der Waals surface area (Å²) in [4.78, 5) is 10.4. The molecule has 13 heteroatoms. The molecule has 275 valence electrons. The first-order valence-electron chi connectivity index (χ1n) is 16.1. The third kappa shape index (κ3) is 65.8. The van der Waals surface area contributed by atoms with E-state index in [0.717, 1.165) is 44.6 Å². The Hall–Kier alpha value is -0.713. The molecule has 0 aromatic heterocycles. The number of rotatable bonds is 24. The number of ether oxygens (including phenoxy) is 2. The fraction of sp³-hybridized carbons (Fsp3) is 0.788. The lowest BCUT2D eigenvalue weighted by atomic mass is 10.1. The van der Waals surface area contributed by atoms with Crippen molar-refractivity contribution in [2.24, 2.45) is 0 Å². The molecule has 0 heterocycles. The Labute approximate surface area is 284 Å². The number of aliphatic carboxylic acids is 1. The van der Waals surface area contributed by atoms with Crippen molar-refractivity contribution in [2.75, 3.05) is 66.1 Å². The first kappa shape index (κ1) is 57.5. The minimum Gasteiger partial charge on any atom is -0.481 e. The SMILES string of the molecule is [CH2]C(OCCCCCCCCCCCC(=O)O)OCCC[Si](OCC)(OCC)OCC.[CH2]C[O].[CH2]C[O].[CH2]C[O].[CH2]C[O].[CH2]C[O]. The summed E-state index contributed by atoms with van der Waals surface area (Å²) in [7, 11) is -2.59. The fourth-order valence-corrected chi connectivity index (χ4v) is 5.96. The van der Waals surface area contributed by atoms with Crippen LogP contribution in [0.25, 0.3) is 0 Å². The Morgan fingerprint density at radius 3 is 1.15 bits per heavy atom. The van der Waals surface area contributed by atoms with Gasteiger partial charge in [-0.25, -0.2) is 25.5 Å². The van der Waals surface area contributed by atoms with Gasteiger partial charge in [0, 0.05) is 52.4 Å². The lowest BCUT2D eigenvalue weighted by Gasteiger charge is -2.28. The van der Waals surface area contributed by atoms with Crippen LogP contribution in [0.1, 0.15) is 91.4 Å². The molecule has 0 aliphatic carbocycles. The quantitative estimate of drug-likeness (QED) is 0.0654. The van der Waals surface area contributed by atoms with Crippen molar-refractivity contribution < 1.29 is 58.2 Å². The van der Waals surface area contributed by atoms with Crippen LogP contribution in [0.15, 0.2) is 0 Å². The van der Waals surface area contributed by atoms with Crippen LogP contribution >= 0.6 is 0 Å². The van der Waals surface area contributed by atoms with E-state index in [2.05, 4.69) is 41.5 Å². The number of carboxylic acid groups (broad SMARTS) is 1. The Bertz CT molecular complexity index is 463. The summed E-state index contributed by atoms with van der Waals surface area (Å²) in [6.45, 7) is 26.2. The van der Waals surface area contributed by atoms with E-state index in [9.17, 15) is 4.79 Å². The van der Waals surface area contributed by atoms with Gasteiger partial charge in [-0.05, 0) is 74.7 Å². The van der Waals surface area contributed by atoms with Crippen molar-refractivity contribution in [1.29, 1.82) is 0 Å². The summed E-state index contributed by atoms with van der Waals surface area (Å²) in [5, 5.41) is 52.7. The van der Waals surface area contributed by atoms with Crippen molar-refractivity contribution in [1.82, 2.24) is 0 Å². The van der Waals surface area contributed by atoms with Crippen molar-refractivity contribution >= 4 is 14.8 Å². The van der Waals surface area contributed by atoms with E-state index in [0.29, 0.717) is 39.5 Å². The first-order chi connectivity index (χ1) is 22.1. The standard InChI is InChI=1S/C23H47O7Si.5C2H4O/c1-5-28-31(29-6-2,30-7-3)21-17-20-27-22(4)26-19-16-14-12-10-8-9-11-13-15-18-23(24)25;5*1-2-3/h22H,4-21H2,1-3H3,(H,24,25);5*1-2H2. The second kappa shape index (κ2) is 56.6. The van der Waals surface area contributed by atoms with E-state index in [-0.39, 0.29) is 33.0 Å². The van der Waals surface area contributed by atoms with Crippen molar-refractivity contribution in [3.05, 3.63) is 41.5 Å². The number of carbonyl (C=O) groups is 1. The highest BCUT2D eigenvalue weighted by molar-refractivity contribution is 6.60. The molecule has 0 bridgehead atoms. The van der Waals surface area contributed by atoms with Crippen molar-refractivity contribution in [2.45, 2.75) is 104 Å². The van der Waals surface area contributed by atoms with E-state index in [1.165, 1.54) is 25.7 Å². The van der Waals surface area contributed by atoms with Crippen LogP contribution < -0.4 is 0 Å². The molecule has 0 rings (SSSR count).